The van der Waals surface area contributed by atoms with Crippen molar-refractivity contribution in [3.63, 3.8) is 0 Å². The van der Waals surface area contributed by atoms with Crippen LogP contribution in [0.5, 0.6) is 0 Å². The lowest BCUT2D eigenvalue weighted by atomic mass is 9.73. The number of nitrogens with one attached hydrogen (secondary N) is 1. The van der Waals surface area contributed by atoms with Crippen LogP contribution in [0.15, 0.2) is 0 Å². The molecule has 0 heterocycles. The van der Waals surface area contributed by atoms with Gasteiger partial charge in [-0.1, -0.05) is 0 Å². The first kappa shape index (κ1) is 9.88. The first-order valence-electron chi connectivity index (χ1n) is 3.67. The summed E-state index contributed by atoms with van der Waals surface area (Å²) in [6, 6.07) is 0. The zero-order chi connectivity index (χ0) is 10.3. The zero-order valence-electron chi connectivity index (χ0n) is 6.93. The number of carboxylic acids is 1. The number of halogens is 2. The van der Waals surface area contributed by atoms with E-state index < -0.39 is 36.2 Å². The molecular weight excluding hydrogens is 184 g/mol. The van der Waals surface area contributed by atoms with Gasteiger partial charge in [-0.2, -0.15) is 0 Å². The number of carbonyl (C=O) groups excluding carboxylic acids is 1. The first-order chi connectivity index (χ1) is 5.77. The van der Waals surface area contributed by atoms with Crippen molar-refractivity contribution in [2.75, 3.05) is 0 Å². The summed E-state index contributed by atoms with van der Waals surface area (Å²) in [6.07, 6.45) is -1.65. The van der Waals surface area contributed by atoms with E-state index in [0.717, 1.165) is 6.92 Å². The van der Waals surface area contributed by atoms with Gasteiger partial charge in [0.05, 0.1) is 0 Å². The molecule has 1 aliphatic rings. The highest BCUT2D eigenvalue weighted by Gasteiger charge is 2.61. The Morgan fingerprint density at radius 1 is 1.38 bits per heavy atom. The van der Waals surface area contributed by atoms with E-state index >= 15 is 0 Å². The van der Waals surface area contributed by atoms with E-state index in [1.165, 1.54) is 0 Å². The summed E-state index contributed by atoms with van der Waals surface area (Å²) < 4.78 is 24.9. The van der Waals surface area contributed by atoms with Crippen molar-refractivity contribution >= 4 is 11.9 Å². The molecule has 4 nitrogen and oxygen atoms in total. The van der Waals surface area contributed by atoms with Crippen molar-refractivity contribution in [1.82, 2.24) is 5.32 Å². The molecule has 2 N–H and O–H groups in total. The maximum Gasteiger partial charge on any atom is 0.329 e. The monoisotopic (exact) mass is 193 g/mol. The van der Waals surface area contributed by atoms with Gasteiger partial charge in [0.1, 0.15) is 5.54 Å². The normalized spacial score (nSPS) is 23.0. The fourth-order valence-corrected chi connectivity index (χ4v) is 1.46. The van der Waals surface area contributed by atoms with Crippen LogP contribution in [-0.2, 0) is 9.59 Å². The molecule has 0 unspecified atom stereocenters. The molecule has 6 heteroatoms. The molecule has 0 aromatic heterocycles. The fraction of sp³-hybridized carbons (Fsp3) is 0.714. The van der Waals surface area contributed by atoms with Gasteiger partial charge in [-0.05, 0) is 0 Å². The predicted molar refractivity (Wildman–Crippen MR) is 38.4 cm³/mol. The van der Waals surface area contributed by atoms with Gasteiger partial charge in [0.15, 0.2) is 0 Å². The average molecular weight is 193 g/mol. The van der Waals surface area contributed by atoms with Crippen LogP contribution >= 0.6 is 0 Å². The van der Waals surface area contributed by atoms with Crippen LogP contribution in [0, 0.1) is 0 Å². The molecule has 0 atom stereocenters. The van der Waals surface area contributed by atoms with E-state index in [1.807, 2.05) is 5.32 Å². The highest BCUT2D eigenvalue weighted by Crippen LogP contribution is 2.45. The lowest BCUT2D eigenvalue weighted by Gasteiger charge is -2.43. The summed E-state index contributed by atoms with van der Waals surface area (Å²) in [7, 11) is 0. The number of carboxylic acid groups (broad SMARTS) is 1. The third kappa shape index (κ3) is 1.76. The van der Waals surface area contributed by atoms with Crippen LogP contribution in [-0.4, -0.2) is 28.4 Å². The van der Waals surface area contributed by atoms with Crippen molar-refractivity contribution in [3.8, 4) is 0 Å². The van der Waals surface area contributed by atoms with Crippen LogP contribution in [0.3, 0.4) is 0 Å². The molecule has 0 bridgehead atoms. The van der Waals surface area contributed by atoms with E-state index in [1.54, 1.807) is 0 Å². The van der Waals surface area contributed by atoms with Crippen molar-refractivity contribution in [2.24, 2.45) is 0 Å². The topological polar surface area (TPSA) is 66.4 Å². The summed E-state index contributed by atoms with van der Waals surface area (Å²) >= 11 is 0. The first-order valence-corrected chi connectivity index (χ1v) is 3.67. The van der Waals surface area contributed by atoms with Gasteiger partial charge < -0.3 is 10.4 Å². The number of carbonyl (C=O) groups is 2. The van der Waals surface area contributed by atoms with Crippen molar-refractivity contribution in [1.29, 1.82) is 0 Å². The summed E-state index contributed by atoms with van der Waals surface area (Å²) in [6.45, 7) is 1.10. The fourth-order valence-electron chi connectivity index (χ4n) is 1.46. The van der Waals surface area contributed by atoms with Gasteiger partial charge in [-0.25, -0.2) is 13.6 Å². The van der Waals surface area contributed by atoms with E-state index in [2.05, 4.69) is 0 Å². The van der Waals surface area contributed by atoms with Crippen molar-refractivity contribution in [2.45, 2.75) is 31.2 Å². The summed E-state index contributed by atoms with van der Waals surface area (Å²) in [4.78, 5) is 21.1. The Morgan fingerprint density at radius 2 is 1.85 bits per heavy atom. The molecule has 74 valence electrons. The number of hydrogen-bond acceptors (Lipinski definition) is 2. The lowest BCUT2D eigenvalue weighted by Crippen LogP contribution is -2.66. The Labute approximate surface area is 72.9 Å². The van der Waals surface area contributed by atoms with Gasteiger partial charge in [-0.3, -0.25) is 4.79 Å². The smallest absolute Gasteiger partial charge is 0.329 e. The predicted octanol–water partition coefficient (Wildman–Crippen LogP) is 0.375. The van der Waals surface area contributed by atoms with E-state index in [9.17, 15) is 18.4 Å². The van der Waals surface area contributed by atoms with Crippen LogP contribution in [0.25, 0.3) is 0 Å². The SMILES string of the molecule is CC(=O)NC1(C(=O)O)CC(F)(F)C1. The Hall–Kier alpha value is -1.20. The van der Waals surface area contributed by atoms with Gasteiger partial charge in [0.2, 0.25) is 5.91 Å². The molecule has 1 rings (SSSR count). The Balaban J connectivity index is 2.71. The number of rotatable bonds is 2. The average Bonchev–Trinajstić information content (AvgIpc) is 1.80. The number of aliphatic carboxylic acids is 1. The molecule has 0 aliphatic heterocycles. The highest BCUT2D eigenvalue weighted by molar-refractivity contribution is 5.87. The van der Waals surface area contributed by atoms with Crippen LogP contribution in [0.1, 0.15) is 19.8 Å². The van der Waals surface area contributed by atoms with Gasteiger partial charge in [-0.15, -0.1) is 0 Å². The van der Waals surface area contributed by atoms with Crippen LogP contribution in [0.4, 0.5) is 8.78 Å². The lowest BCUT2D eigenvalue weighted by molar-refractivity contribution is -0.179. The number of alkyl halides is 2. The standard InChI is InChI=1S/C7H9F2NO3/c1-4(11)10-6(5(12)13)2-7(8,9)3-6/h2-3H2,1H3,(H,10,11)(H,12,13). The van der Waals surface area contributed by atoms with Gasteiger partial charge in [0.25, 0.3) is 5.92 Å². The Bertz CT molecular complexity index is 256. The third-order valence-electron chi connectivity index (χ3n) is 1.95. The van der Waals surface area contributed by atoms with Crippen LogP contribution < -0.4 is 5.32 Å². The molecule has 0 spiro atoms. The largest absolute Gasteiger partial charge is 0.479 e. The van der Waals surface area contributed by atoms with Crippen molar-refractivity contribution in [3.05, 3.63) is 0 Å². The zero-order valence-corrected chi connectivity index (χ0v) is 6.93. The van der Waals surface area contributed by atoms with E-state index in [-0.39, 0.29) is 0 Å². The molecule has 0 aromatic rings. The quantitative estimate of drug-likeness (QED) is 0.666. The van der Waals surface area contributed by atoms with Crippen molar-refractivity contribution < 1.29 is 23.5 Å². The molecule has 1 saturated carbocycles. The second-order valence-corrected chi connectivity index (χ2v) is 3.28. The maximum atomic E-state index is 12.4. The highest BCUT2D eigenvalue weighted by atomic mass is 19.3. The molecule has 0 saturated heterocycles. The summed E-state index contributed by atoms with van der Waals surface area (Å²) in [5, 5.41) is 10.6. The molecule has 13 heavy (non-hydrogen) atoms. The Kier molecular flexibility index (Phi) is 2.01. The molecule has 1 amide bonds. The molecule has 0 radical (unpaired) electrons. The number of hydrogen-bond donors (Lipinski definition) is 2. The summed E-state index contributed by atoms with van der Waals surface area (Å²) in [5.74, 6) is -4.99. The third-order valence-corrected chi connectivity index (χ3v) is 1.95. The molecule has 1 fully saturated rings. The maximum absolute atomic E-state index is 12.4. The van der Waals surface area contributed by atoms with Crippen LogP contribution in [0.2, 0.25) is 0 Å². The van der Waals surface area contributed by atoms with E-state index in [4.69, 9.17) is 5.11 Å². The number of amides is 1. The van der Waals surface area contributed by atoms with Gasteiger partial charge in [0, 0.05) is 19.8 Å². The van der Waals surface area contributed by atoms with E-state index in [0.29, 0.717) is 0 Å². The minimum absolute atomic E-state index is 0.613. The molecule has 0 aromatic carbocycles. The summed E-state index contributed by atoms with van der Waals surface area (Å²) in [5.41, 5.74) is -1.75. The molecular formula is C7H9F2NO3. The Morgan fingerprint density at radius 3 is 2.08 bits per heavy atom. The second-order valence-electron chi connectivity index (χ2n) is 3.28. The minimum Gasteiger partial charge on any atom is -0.479 e. The second kappa shape index (κ2) is 2.65. The van der Waals surface area contributed by atoms with Gasteiger partial charge >= 0.3 is 5.97 Å². The minimum atomic E-state index is -2.97. The molecule has 1 aliphatic carbocycles.